The van der Waals surface area contributed by atoms with Crippen LogP contribution in [-0.4, -0.2) is 35.3 Å². The number of carbonyl (C=O) groups is 1. The number of benzene rings is 1. The van der Waals surface area contributed by atoms with Gasteiger partial charge in [-0.3, -0.25) is 9.89 Å². The van der Waals surface area contributed by atoms with Crippen LogP contribution >= 0.6 is 0 Å². The van der Waals surface area contributed by atoms with Crippen molar-refractivity contribution in [2.75, 3.05) is 12.4 Å². The zero-order valence-electron chi connectivity index (χ0n) is 14.1. The number of carbonyl (C=O) groups excluding carboxylic acids is 1. The first-order valence-electron chi connectivity index (χ1n) is 8.35. The molecule has 6 nitrogen and oxygen atoms in total. The minimum Gasteiger partial charge on any atom is -0.495 e. The van der Waals surface area contributed by atoms with Crippen molar-refractivity contribution in [3.8, 4) is 5.75 Å². The van der Waals surface area contributed by atoms with E-state index >= 15 is 0 Å². The molecule has 0 saturated heterocycles. The molecule has 3 N–H and O–H groups in total. The van der Waals surface area contributed by atoms with Crippen LogP contribution in [0.15, 0.2) is 30.5 Å². The zero-order valence-corrected chi connectivity index (χ0v) is 14.1. The van der Waals surface area contributed by atoms with E-state index in [1.165, 1.54) is 11.3 Å². The van der Waals surface area contributed by atoms with Crippen molar-refractivity contribution in [1.29, 1.82) is 0 Å². The van der Waals surface area contributed by atoms with Crippen LogP contribution < -0.4 is 15.4 Å². The molecule has 2 atom stereocenters. The number of ether oxygens (including phenoxy) is 1. The van der Waals surface area contributed by atoms with Crippen molar-refractivity contribution < 1.29 is 9.53 Å². The van der Waals surface area contributed by atoms with Crippen LogP contribution in [0.5, 0.6) is 5.75 Å². The van der Waals surface area contributed by atoms with Gasteiger partial charge in [0.2, 0.25) is 5.91 Å². The summed E-state index contributed by atoms with van der Waals surface area (Å²) in [6, 6.07) is 7.94. The third kappa shape index (κ3) is 3.94. The van der Waals surface area contributed by atoms with Crippen LogP contribution in [0.2, 0.25) is 0 Å². The molecule has 0 spiro atoms. The predicted octanol–water partition coefficient (Wildman–Crippen LogP) is 2.28. The van der Waals surface area contributed by atoms with Gasteiger partial charge in [0.05, 0.1) is 19.0 Å². The number of fused-ring (bicyclic) bond motifs is 1. The standard InChI is InChI=1S/C18H24N4O2/c1-12(20-14-7-8-15-13(10-14)11-19-22-15)9-18(23)21-16-5-3-4-6-17(16)24-2/h3-6,11-12,14,20H,7-10H2,1-2H3,(H,19,22)(H,21,23)/t12-,14+/m0/s1. The average Bonchev–Trinajstić information content (AvgIpc) is 3.02. The number of methoxy groups -OCH3 is 1. The van der Waals surface area contributed by atoms with Gasteiger partial charge in [0, 0.05) is 24.2 Å². The fraction of sp³-hybridized carbons (Fsp3) is 0.444. The van der Waals surface area contributed by atoms with E-state index in [1.807, 2.05) is 37.4 Å². The van der Waals surface area contributed by atoms with E-state index in [1.54, 1.807) is 7.11 Å². The molecule has 1 aromatic heterocycles. The van der Waals surface area contributed by atoms with Gasteiger partial charge >= 0.3 is 0 Å². The van der Waals surface area contributed by atoms with Gasteiger partial charge in [0.25, 0.3) is 0 Å². The maximum atomic E-state index is 12.3. The summed E-state index contributed by atoms with van der Waals surface area (Å²) in [6.45, 7) is 2.05. The number of anilines is 1. The molecule has 1 aliphatic rings. The van der Waals surface area contributed by atoms with E-state index < -0.39 is 0 Å². The third-order valence-electron chi connectivity index (χ3n) is 4.41. The molecular weight excluding hydrogens is 304 g/mol. The van der Waals surface area contributed by atoms with E-state index in [0.29, 0.717) is 23.9 Å². The van der Waals surface area contributed by atoms with E-state index in [9.17, 15) is 4.79 Å². The van der Waals surface area contributed by atoms with Crippen LogP contribution in [0.4, 0.5) is 5.69 Å². The molecule has 0 unspecified atom stereocenters. The van der Waals surface area contributed by atoms with Crippen LogP contribution in [0.1, 0.15) is 31.0 Å². The number of hydrogen-bond donors (Lipinski definition) is 3. The number of nitrogens with one attached hydrogen (secondary N) is 3. The van der Waals surface area contributed by atoms with Crippen LogP contribution in [0.3, 0.4) is 0 Å². The molecule has 0 saturated carbocycles. The molecular formula is C18H24N4O2. The summed E-state index contributed by atoms with van der Waals surface area (Å²) in [7, 11) is 1.60. The molecule has 24 heavy (non-hydrogen) atoms. The smallest absolute Gasteiger partial charge is 0.226 e. The Bertz CT molecular complexity index is 698. The van der Waals surface area contributed by atoms with Crippen molar-refractivity contribution in [3.05, 3.63) is 41.7 Å². The summed E-state index contributed by atoms with van der Waals surface area (Å²) in [5, 5.41) is 13.6. The minimum absolute atomic E-state index is 0.0145. The Hall–Kier alpha value is -2.34. The Morgan fingerprint density at radius 1 is 1.46 bits per heavy atom. The molecule has 1 aromatic carbocycles. The highest BCUT2D eigenvalue weighted by molar-refractivity contribution is 5.92. The monoisotopic (exact) mass is 328 g/mol. The topological polar surface area (TPSA) is 79.0 Å². The maximum absolute atomic E-state index is 12.3. The summed E-state index contributed by atoms with van der Waals surface area (Å²) < 4.78 is 5.26. The lowest BCUT2D eigenvalue weighted by Crippen LogP contribution is -2.41. The van der Waals surface area contributed by atoms with Crippen LogP contribution in [0, 0.1) is 0 Å². The second-order valence-electron chi connectivity index (χ2n) is 6.33. The van der Waals surface area contributed by atoms with Gasteiger partial charge in [-0.05, 0) is 43.9 Å². The van der Waals surface area contributed by atoms with E-state index in [0.717, 1.165) is 19.3 Å². The lowest BCUT2D eigenvalue weighted by molar-refractivity contribution is -0.116. The molecule has 0 fully saturated rings. The molecule has 0 radical (unpaired) electrons. The van der Waals surface area contributed by atoms with Crippen molar-refractivity contribution in [1.82, 2.24) is 15.5 Å². The van der Waals surface area contributed by atoms with E-state index in [2.05, 4.69) is 20.8 Å². The first kappa shape index (κ1) is 16.5. The Morgan fingerprint density at radius 3 is 3.12 bits per heavy atom. The maximum Gasteiger partial charge on any atom is 0.226 e. The number of aromatic nitrogens is 2. The lowest BCUT2D eigenvalue weighted by atomic mass is 9.93. The van der Waals surface area contributed by atoms with Crippen molar-refractivity contribution >= 4 is 11.6 Å². The Kier molecular flexibility index (Phi) is 5.15. The Labute approximate surface area is 142 Å². The summed E-state index contributed by atoms with van der Waals surface area (Å²) in [6.07, 6.45) is 5.36. The number of hydrogen-bond acceptors (Lipinski definition) is 4. The lowest BCUT2D eigenvalue weighted by Gasteiger charge is -2.26. The van der Waals surface area contributed by atoms with Crippen LogP contribution in [-0.2, 0) is 17.6 Å². The molecule has 128 valence electrons. The molecule has 1 amide bonds. The second-order valence-corrected chi connectivity index (χ2v) is 6.33. The predicted molar refractivity (Wildman–Crippen MR) is 93.2 cm³/mol. The number of aryl methyl sites for hydroxylation is 1. The minimum atomic E-state index is -0.0145. The summed E-state index contributed by atoms with van der Waals surface area (Å²) in [5.74, 6) is 0.658. The highest BCUT2D eigenvalue weighted by atomic mass is 16.5. The number of aromatic amines is 1. The molecule has 0 bridgehead atoms. The first-order chi connectivity index (χ1) is 11.7. The van der Waals surface area contributed by atoms with Gasteiger partial charge in [-0.25, -0.2) is 0 Å². The Balaban J connectivity index is 1.50. The average molecular weight is 328 g/mol. The Morgan fingerprint density at radius 2 is 2.29 bits per heavy atom. The van der Waals surface area contributed by atoms with Gasteiger partial charge in [-0.2, -0.15) is 5.10 Å². The van der Waals surface area contributed by atoms with Gasteiger partial charge in [0.15, 0.2) is 0 Å². The van der Waals surface area contributed by atoms with Crippen LogP contribution in [0.25, 0.3) is 0 Å². The highest BCUT2D eigenvalue weighted by Crippen LogP contribution is 2.23. The normalized spacial score (nSPS) is 17.8. The quantitative estimate of drug-likeness (QED) is 0.760. The van der Waals surface area contributed by atoms with E-state index in [4.69, 9.17) is 4.74 Å². The van der Waals surface area contributed by atoms with E-state index in [-0.39, 0.29) is 11.9 Å². The number of nitrogens with zero attached hydrogens (tertiary/aromatic N) is 1. The number of para-hydroxylation sites is 2. The SMILES string of the molecule is COc1ccccc1NC(=O)C[C@H](C)N[C@@H]1CCc2[nH]ncc2C1. The number of rotatable bonds is 6. The molecule has 2 aromatic rings. The largest absolute Gasteiger partial charge is 0.495 e. The highest BCUT2D eigenvalue weighted by Gasteiger charge is 2.22. The zero-order chi connectivity index (χ0) is 16.9. The van der Waals surface area contributed by atoms with Gasteiger partial charge in [-0.1, -0.05) is 12.1 Å². The second kappa shape index (κ2) is 7.49. The molecule has 3 rings (SSSR count). The van der Waals surface area contributed by atoms with Crippen molar-refractivity contribution in [2.45, 2.75) is 44.7 Å². The van der Waals surface area contributed by atoms with Gasteiger partial charge in [-0.15, -0.1) is 0 Å². The number of H-pyrrole nitrogens is 1. The molecule has 1 aliphatic carbocycles. The summed E-state index contributed by atoms with van der Waals surface area (Å²) in [5.41, 5.74) is 3.23. The fourth-order valence-corrected chi connectivity index (χ4v) is 3.25. The molecule has 1 heterocycles. The number of amides is 1. The summed E-state index contributed by atoms with van der Waals surface area (Å²) >= 11 is 0. The van der Waals surface area contributed by atoms with Gasteiger partial charge in [0.1, 0.15) is 5.75 Å². The summed E-state index contributed by atoms with van der Waals surface area (Å²) in [4.78, 5) is 12.3. The third-order valence-corrected chi connectivity index (χ3v) is 4.41. The fourth-order valence-electron chi connectivity index (χ4n) is 3.25. The van der Waals surface area contributed by atoms with Crippen molar-refractivity contribution in [3.63, 3.8) is 0 Å². The molecule has 0 aliphatic heterocycles. The molecule has 6 heteroatoms. The van der Waals surface area contributed by atoms with Gasteiger partial charge < -0.3 is 15.4 Å². The van der Waals surface area contributed by atoms with Crippen molar-refractivity contribution in [2.24, 2.45) is 0 Å². The first-order valence-corrected chi connectivity index (χ1v) is 8.35.